The first-order valence-electron chi connectivity index (χ1n) is 6.53. The molecule has 2 heterocycles. The van der Waals surface area contributed by atoms with Crippen LogP contribution >= 0.6 is 0 Å². The number of hydrogen-bond acceptors (Lipinski definition) is 6. The van der Waals surface area contributed by atoms with Crippen LogP contribution in [0.1, 0.15) is 0 Å². The van der Waals surface area contributed by atoms with Crippen molar-refractivity contribution in [1.29, 1.82) is 0 Å². The van der Waals surface area contributed by atoms with Crippen LogP contribution in [0.2, 0.25) is 0 Å². The van der Waals surface area contributed by atoms with E-state index in [0.717, 1.165) is 0 Å². The van der Waals surface area contributed by atoms with E-state index in [1.54, 1.807) is 30.5 Å². The van der Waals surface area contributed by atoms with Crippen LogP contribution in [-0.4, -0.2) is 20.1 Å². The largest absolute Gasteiger partial charge is 0.295 e. The Hall–Kier alpha value is -3.62. The number of nitrogens with one attached hydrogen (secondary N) is 2. The van der Waals surface area contributed by atoms with Gasteiger partial charge in [-0.1, -0.05) is 18.2 Å². The minimum Gasteiger partial charge on any atom is -0.295 e. The lowest BCUT2D eigenvalue weighted by atomic mass is 10.1. The van der Waals surface area contributed by atoms with Crippen molar-refractivity contribution in [3.05, 3.63) is 69.1 Å². The Bertz CT molecular complexity index is 929. The van der Waals surface area contributed by atoms with Gasteiger partial charge in [0.1, 0.15) is 0 Å². The number of aromatic nitrogens is 3. The normalized spacial score (nSPS) is 11.0. The number of benzene rings is 1. The van der Waals surface area contributed by atoms with Gasteiger partial charge in [-0.25, -0.2) is 4.98 Å². The van der Waals surface area contributed by atoms with Gasteiger partial charge < -0.3 is 0 Å². The smallest absolute Gasteiger partial charge is 0.292 e. The van der Waals surface area contributed by atoms with Crippen LogP contribution < -0.4 is 5.56 Å². The molecule has 2 aromatic heterocycles. The quantitative estimate of drug-likeness (QED) is 0.435. The van der Waals surface area contributed by atoms with Crippen LogP contribution in [-0.2, 0) is 0 Å². The second-order valence-corrected chi connectivity index (χ2v) is 4.50. The predicted octanol–water partition coefficient (Wildman–Crippen LogP) is 3.09. The maximum Gasteiger partial charge on any atom is 0.292 e. The van der Waals surface area contributed by atoms with Gasteiger partial charge in [-0.15, -0.1) is 10.2 Å². The molecule has 0 unspecified atom stereocenters. The number of non-ortho nitro benzene ring substituents is 1. The molecule has 1 aromatic carbocycles. The molecule has 114 valence electrons. The molecule has 3 rings (SSSR count). The third kappa shape index (κ3) is 3.02. The Balaban J connectivity index is 2.02. The molecule has 0 aliphatic rings. The molecule has 9 heteroatoms. The molecule has 0 saturated heterocycles. The van der Waals surface area contributed by atoms with Crippen molar-refractivity contribution in [2.75, 3.05) is 0 Å². The molecule has 0 spiro atoms. The van der Waals surface area contributed by atoms with E-state index >= 15 is 0 Å². The fourth-order valence-electron chi connectivity index (χ4n) is 1.94. The number of nitro benzene ring substituents is 1. The Morgan fingerprint density at radius 1 is 1.09 bits per heavy atom. The van der Waals surface area contributed by atoms with Gasteiger partial charge in [0.25, 0.3) is 11.2 Å². The number of nitro groups is 1. The molecule has 0 aliphatic heterocycles. The zero-order valence-electron chi connectivity index (χ0n) is 11.6. The minimum atomic E-state index is -0.511. The predicted molar refractivity (Wildman–Crippen MR) is 81.9 cm³/mol. The average molecular weight is 310 g/mol. The molecule has 2 N–H and O–H groups in total. The first-order chi connectivity index (χ1) is 11.1. The lowest BCUT2D eigenvalue weighted by Crippen LogP contribution is -1.96. The number of rotatable bonds is 4. The van der Waals surface area contributed by atoms with Crippen LogP contribution in [0.5, 0.6) is 0 Å². The Kier molecular flexibility index (Phi) is 3.75. The van der Waals surface area contributed by atoms with E-state index in [0.29, 0.717) is 17.1 Å². The molecule has 0 saturated carbocycles. The third-order valence-electron chi connectivity index (χ3n) is 3.00. The summed E-state index contributed by atoms with van der Waals surface area (Å²) in [6.07, 6.45) is 1.55. The summed E-state index contributed by atoms with van der Waals surface area (Å²) in [4.78, 5) is 26.2. The molecule has 9 nitrogen and oxygen atoms in total. The van der Waals surface area contributed by atoms with Gasteiger partial charge in [0.15, 0.2) is 11.5 Å². The fraction of sp³-hybridized carbons (Fsp3) is 0. The molecule has 0 radical (unpaired) electrons. The molecule has 0 amide bonds. The standard InChI is InChI=1S/C14H10N6O3/c21-14-13(18-16-11-6-1-2-7-15-11)12(17-19-14)9-4-3-5-10(8-9)20(22)23/h1-8H,(H2,17,19,21). The zero-order valence-corrected chi connectivity index (χ0v) is 11.6. The number of azo groups is 1. The molecule has 0 fully saturated rings. The van der Waals surface area contributed by atoms with Crippen molar-refractivity contribution in [3.8, 4) is 11.3 Å². The van der Waals surface area contributed by atoms with Gasteiger partial charge >= 0.3 is 0 Å². The lowest BCUT2D eigenvalue weighted by Gasteiger charge is -1.99. The molecule has 3 aromatic rings. The summed E-state index contributed by atoms with van der Waals surface area (Å²) in [5.41, 5.74) is 0.227. The fourth-order valence-corrected chi connectivity index (χ4v) is 1.94. The lowest BCUT2D eigenvalue weighted by molar-refractivity contribution is -0.384. The number of pyridine rings is 1. The molecule has 0 bridgehead atoms. The number of H-pyrrole nitrogens is 2. The van der Waals surface area contributed by atoms with Gasteiger partial charge in [0, 0.05) is 23.9 Å². The van der Waals surface area contributed by atoms with E-state index in [2.05, 4.69) is 25.4 Å². The number of nitrogens with zero attached hydrogens (tertiary/aromatic N) is 4. The monoisotopic (exact) mass is 310 g/mol. The average Bonchev–Trinajstić information content (AvgIpc) is 2.95. The Labute approximate surface area is 128 Å². The maximum absolute atomic E-state index is 11.9. The molecule has 0 atom stereocenters. The van der Waals surface area contributed by atoms with E-state index in [-0.39, 0.29) is 11.4 Å². The topological polar surface area (TPSA) is 129 Å². The van der Waals surface area contributed by atoms with Gasteiger partial charge in [-0.05, 0) is 12.1 Å². The van der Waals surface area contributed by atoms with E-state index in [1.165, 1.54) is 18.2 Å². The molecule has 0 aliphatic carbocycles. The van der Waals surface area contributed by atoms with E-state index in [4.69, 9.17) is 0 Å². The highest BCUT2D eigenvalue weighted by atomic mass is 16.6. The molecule has 23 heavy (non-hydrogen) atoms. The van der Waals surface area contributed by atoms with Crippen molar-refractivity contribution in [1.82, 2.24) is 15.2 Å². The SMILES string of the molecule is O=c1[nH][nH]c(-c2cccc([N+](=O)[O-])c2)c1N=Nc1ccccn1. The number of aromatic amines is 2. The summed E-state index contributed by atoms with van der Waals surface area (Å²) in [6, 6.07) is 11.0. The van der Waals surface area contributed by atoms with Crippen LogP contribution in [0.3, 0.4) is 0 Å². The summed E-state index contributed by atoms with van der Waals surface area (Å²) in [7, 11) is 0. The summed E-state index contributed by atoms with van der Waals surface area (Å²) >= 11 is 0. The highest BCUT2D eigenvalue weighted by Crippen LogP contribution is 2.28. The second kappa shape index (κ2) is 6.02. The van der Waals surface area contributed by atoms with Gasteiger partial charge in [-0.2, -0.15) is 0 Å². The van der Waals surface area contributed by atoms with Crippen molar-refractivity contribution < 1.29 is 4.92 Å². The summed E-state index contributed by atoms with van der Waals surface area (Å²) < 4.78 is 0. The van der Waals surface area contributed by atoms with Crippen LogP contribution in [0, 0.1) is 10.1 Å². The number of hydrogen-bond donors (Lipinski definition) is 2. The second-order valence-electron chi connectivity index (χ2n) is 4.50. The van der Waals surface area contributed by atoms with Crippen molar-refractivity contribution in [2.24, 2.45) is 10.2 Å². The summed E-state index contributed by atoms with van der Waals surface area (Å²) in [5.74, 6) is 0.345. The zero-order chi connectivity index (χ0) is 16.2. The van der Waals surface area contributed by atoms with Gasteiger partial charge in [-0.3, -0.25) is 25.1 Å². The van der Waals surface area contributed by atoms with Crippen LogP contribution in [0.4, 0.5) is 17.2 Å². The highest BCUT2D eigenvalue weighted by Gasteiger charge is 2.14. The maximum atomic E-state index is 11.9. The Morgan fingerprint density at radius 2 is 1.96 bits per heavy atom. The van der Waals surface area contributed by atoms with E-state index in [9.17, 15) is 14.9 Å². The highest BCUT2D eigenvalue weighted by molar-refractivity contribution is 5.72. The van der Waals surface area contributed by atoms with Crippen LogP contribution in [0.25, 0.3) is 11.3 Å². The van der Waals surface area contributed by atoms with Crippen molar-refractivity contribution in [2.45, 2.75) is 0 Å². The van der Waals surface area contributed by atoms with E-state index in [1.807, 2.05) is 0 Å². The Morgan fingerprint density at radius 3 is 2.70 bits per heavy atom. The first-order valence-corrected chi connectivity index (χ1v) is 6.53. The summed E-state index contributed by atoms with van der Waals surface area (Å²) in [6.45, 7) is 0. The van der Waals surface area contributed by atoms with Crippen LogP contribution in [0.15, 0.2) is 63.7 Å². The van der Waals surface area contributed by atoms with Crippen molar-refractivity contribution >= 4 is 17.2 Å². The first kappa shape index (κ1) is 14.3. The molecular formula is C14H10N6O3. The third-order valence-corrected chi connectivity index (χ3v) is 3.00. The summed E-state index contributed by atoms with van der Waals surface area (Å²) in [5, 5.41) is 23.7. The van der Waals surface area contributed by atoms with Crippen molar-refractivity contribution in [3.63, 3.8) is 0 Å². The van der Waals surface area contributed by atoms with E-state index < -0.39 is 10.5 Å². The minimum absolute atomic E-state index is 0.0242. The van der Waals surface area contributed by atoms with Gasteiger partial charge in [0.05, 0.1) is 10.6 Å². The van der Waals surface area contributed by atoms with Gasteiger partial charge in [0.2, 0.25) is 0 Å². The molecular weight excluding hydrogens is 300 g/mol.